The lowest BCUT2D eigenvalue weighted by Crippen LogP contribution is -2.36. The number of halogens is 1. The molecule has 8 heteroatoms. The van der Waals surface area contributed by atoms with Crippen LogP contribution in [-0.2, 0) is 9.53 Å². The lowest BCUT2D eigenvalue weighted by molar-refractivity contribution is -0.129. The van der Waals surface area contributed by atoms with Crippen LogP contribution in [0.25, 0.3) is 11.0 Å². The van der Waals surface area contributed by atoms with Gasteiger partial charge < -0.3 is 15.0 Å². The summed E-state index contributed by atoms with van der Waals surface area (Å²) in [4.78, 5) is 21.0. The predicted molar refractivity (Wildman–Crippen MR) is 91.4 cm³/mol. The fourth-order valence-corrected chi connectivity index (χ4v) is 3.81. The fraction of sp³-hybridized carbons (Fsp3) is 0.500. The lowest BCUT2D eigenvalue weighted by atomic mass is 10.1. The predicted octanol–water partition coefficient (Wildman–Crippen LogP) is 1.43. The van der Waals surface area contributed by atoms with Gasteiger partial charge in [-0.25, -0.2) is 9.97 Å². The van der Waals surface area contributed by atoms with Gasteiger partial charge in [0.05, 0.1) is 5.39 Å². The van der Waals surface area contributed by atoms with Gasteiger partial charge in [0.15, 0.2) is 0 Å². The van der Waals surface area contributed by atoms with Crippen molar-refractivity contribution in [3.63, 3.8) is 0 Å². The molecule has 0 aliphatic carbocycles. The first-order chi connectivity index (χ1) is 10.7. The minimum atomic E-state index is 0.420. The van der Waals surface area contributed by atoms with Crippen LogP contribution < -0.4 is 5.73 Å². The molecule has 118 valence electrons. The molecule has 0 unspecified atom stereocenters. The number of likely N-dealkylation sites (tertiary alicyclic amines) is 1. The molecule has 3 rings (SSSR count). The molecule has 1 saturated heterocycles. The van der Waals surface area contributed by atoms with Crippen LogP contribution in [0.2, 0.25) is 0 Å². The van der Waals surface area contributed by atoms with E-state index in [2.05, 4.69) is 48.2 Å². The van der Waals surface area contributed by atoms with Crippen molar-refractivity contribution >= 4 is 45.9 Å². The Morgan fingerprint density at radius 2 is 2.18 bits per heavy atom. The van der Waals surface area contributed by atoms with E-state index in [0.29, 0.717) is 24.9 Å². The van der Waals surface area contributed by atoms with Crippen LogP contribution in [-0.4, -0.2) is 52.1 Å². The zero-order valence-electron chi connectivity index (χ0n) is 12.1. The van der Waals surface area contributed by atoms with Crippen molar-refractivity contribution in [2.24, 2.45) is 0 Å². The molecule has 3 heterocycles. The Hall–Kier alpha value is -1.42. The first kappa shape index (κ1) is 15.5. The summed E-state index contributed by atoms with van der Waals surface area (Å²) in [6.45, 7) is 3.74. The standard InChI is InChI=1S/C14H18IN5O2/c15-11-7-20(14-12(11)13(16)17-8-18-14)10-1-3-19(4-2-10)5-6-22-9-21/h7-10H,1-6H2,(H2,16,17,18). The highest BCUT2D eigenvalue weighted by atomic mass is 127. The van der Waals surface area contributed by atoms with Gasteiger partial charge in [-0.15, -0.1) is 0 Å². The molecule has 22 heavy (non-hydrogen) atoms. The van der Waals surface area contributed by atoms with Crippen LogP contribution >= 0.6 is 22.6 Å². The van der Waals surface area contributed by atoms with Gasteiger partial charge in [-0.05, 0) is 35.4 Å². The van der Waals surface area contributed by atoms with Crippen molar-refractivity contribution in [1.29, 1.82) is 0 Å². The zero-order chi connectivity index (χ0) is 15.5. The minimum absolute atomic E-state index is 0.420. The highest BCUT2D eigenvalue weighted by Gasteiger charge is 2.23. The third-order valence-corrected chi connectivity index (χ3v) is 4.95. The molecule has 2 N–H and O–H groups in total. The Labute approximate surface area is 142 Å². The second-order valence-corrected chi connectivity index (χ2v) is 6.54. The summed E-state index contributed by atoms with van der Waals surface area (Å²) < 4.78 is 8.08. The molecule has 1 fully saturated rings. The van der Waals surface area contributed by atoms with E-state index in [9.17, 15) is 4.79 Å². The van der Waals surface area contributed by atoms with Gasteiger partial charge in [-0.3, -0.25) is 9.69 Å². The molecule has 2 aromatic rings. The van der Waals surface area contributed by atoms with Crippen LogP contribution in [0.5, 0.6) is 0 Å². The van der Waals surface area contributed by atoms with Gasteiger partial charge in [0.25, 0.3) is 6.47 Å². The molecule has 0 spiro atoms. The summed E-state index contributed by atoms with van der Waals surface area (Å²) >= 11 is 2.29. The summed E-state index contributed by atoms with van der Waals surface area (Å²) in [5.41, 5.74) is 6.89. The molecular weight excluding hydrogens is 397 g/mol. The largest absolute Gasteiger partial charge is 0.467 e. The van der Waals surface area contributed by atoms with Crippen LogP contribution in [0, 0.1) is 3.57 Å². The van der Waals surface area contributed by atoms with E-state index >= 15 is 0 Å². The summed E-state index contributed by atoms with van der Waals surface area (Å²) in [5.74, 6) is 0.539. The molecular formula is C14H18IN5O2. The first-order valence-corrected chi connectivity index (χ1v) is 8.32. The van der Waals surface area contributed by atoms with Crippen molar-refractivity contribution in [3.8, 4) is 0 Å². The van der Waals surface area contributed by atoms with Gasteiger partial charge >= 0.3 is 0 Å². The number of carbonyl (C=O) groups is 1. The molecule has 0 amide bonds. The van der Waals surface area contributed by atoms with Gasteiger partial charge in [0, 0.05) is 35.4 Å². The number of hydrogen-bond acceptors (Lipinski definition) is 6. The van der Waals surface area contributed by atoms with Gasteiger partial charge in [-0.2, -0.15) is 0 Å². The monoisotopic (exact) mass is 415 g/mol. The fourth-order valence-electron chi connectivity index (χ4n) is 2.99. The van der Waals surface area contributed by atoms with E-state index in [-0.39, 0.29) is 0 Å². The third kappa shape index (κ3) is 3.02. The number of carbonyl (C=O) groups excluding carboxylic acids is 1. The van der Waals surface area contributed by atoms with Crippen molar-refractivity contribution < 1.29 is 9.53 Å². The second kappa shape index (κ2) is 6.78. The van der Waals surface area contributed by atoms with Gasteiger partial charge in [0.1, 0.15) is 24.4 Å². The Kier molecular flexibility index (Phi) is 4.77. The topological polar surface area (TPSA) is 86.3 Å². The van der Waals surface area contributed by atoms with Crippen molar-refractivity contribution in [1.82, 2.24) is 19.4 Å². The minimum Gasteiger partial charge on any atom is -0.467 e. The summed E-state index contributed by atoms with van der Waals surface area (Å²) in [6, 6.07) is 0.420. The van der Waals surface area contributed by atoms with Crippen LogP contribution in [0.15, 0.2) is 12.5 Å². The van der Waals surface area contributed by atoms with Crippen molar-refractivity contribution in [2.45, 2.75) is 18.9 Å². The number of fused-ring (bicyclic) bond motifs is 1. The quantitative estimate of drug-likeness (QED) is 0.452. The number of nitrogens with two attached hydrogens (primary N) is 1. The summed E-state index contributed by atoms with van der Waals surface area (Å²) in [6.07, 6.45) is 5.73. The molecule has 0 aromatic carbocycles. The van der Waals surface area contributed by atoms with E-state index in [1.54, 1.807) is 0 Å². The van der Waals surface area contributed by atoms with E-state index in [0.717, 1.165) is 47.1 Å². The summed E-state index contributed by atoms with van der Waals surface area (Å²) in [7, 11) is 0. The average Bonchev–Trinajstić information content (AvgIpc) is 2.87. The van der Waals surface area contributed by atoms with Gasteiger partial charge in [0.2, 0.25) is 0 Å². The molecule has 7 nitrogen and oxygen atoms in total. The number of anilines is 1. The number of nitrogens with zero attached hydrogens (tertiary/aromatic N) is 4. The molecule has 1 aliphatic rings. The first-order valence-electron chi connectivity index (χ1n) is 7.25. The number of hydrogen-bond donors (Lipinski definition) is 1. The molecule has 0 saturated carbocycles. The second-order valence-electron chi connectivity index (χ2n) is 5.38. The average molecular weight is 415 g/mol. The molecule has 2 aromatic heterocycles. The van der Waals surface area contributed by atoms with Gasteiger partial charge in [-0.1, -0.05) is 0 Å². The highest BCUT2D eigenvalue weighted by Crippen LogP contribution is 2.31. The van der Waals surface area contributed by atoms with Crippen molar-refractivity contribution in [2.75, 3.05) is 32.0 Å². The lowest BCUT2D eigenvalue weighted by Gasteiger charge is -2.32. The number of ether oxygens (including phenoxy) is 1. The smallest absolute Gasteiger partial charge is 0.293 e. The maximum absolute atomic E-state index is 10.2. The van der Waals surface area contributed by atoms with Crippen LogP contribution in [0.1, 0.15) is 18.9 Å². The Balaban J connectivity index is 1.72. The normalized spacial score (nSPS) is 17.0. The highest BCUT2D eigenvalue weighted by molar-refractivity contribution is 14.1. The Bertz CT molecular complexity index is 667. The van der Waals surface area contributed by atoms with E-state index in [1.165, 1.54) is 6.33 Å². The Morgan fingerprint density at radius 3 is 2.91 bits per heavy atom. The molecule has 0 atom stereocenters. The maximum atomic E-state index is 10.2. The molecule has 0 bridgehead atoms. The van der Waals surface area contributed by atoms with Crippen LogP contribution in [0.3, 0.4) is 0 Å². The maximum Gasteiger partial charge on any atom is 0.293 e. The van der Waals surface area contributed by atoms with Crippen LogP contribution in [0.4, 0.5) is 5.82 Å². The van der Waals surface area contributed by atoms with E-state index < -0.39 is 0 Å². The third-order valence-electron chi connectivity index (χ3n) is 4.14. The molecule has 0 radical (unpaired) electrons. The van der Waals surface area contributed by atoms with Crippen molar-refractivity contribution in [3.05, 3.63) is 16.1 Å². The Morgan fingerprint density at radius 1 is 1.41 bits per heavy atom. The summed E-state index contributed by atoms with van der Waals surface area (Å²) in [5, 5.41) is 0.949. The number of piperidine rings is 1. The zero-order valence-corrected chi connectivity index (χ0v) is 14.3. The molecule has 1 aliphatic heterocycles. The van der Waals surface area contributed by atoms with E-state index in [1.807, 2.05) is 0 Å². The number of aromatic nitrogens is 3. The van der Waals surface area contributed by atoms with E-state index in [4.69, 9.17) is 10.5 Å². The number of rotatable bonds is 5. The number of nitrogen functional groups attached to an aromatic ring is 1. The SMILES string of the molecule is Nc1ncnc2c1c(I)cn2C1CCN(CCOC=O)CC1.